The summed E-state index contributed by atoms with van der Waals surface area (Å²) in [7, 11) is 0. The largest absolute Gasteiger partial charge is 0.396 e. The number of rotatable bonds is 7. The third-order valence-electron chi connectivity index (χ3n) is 3.51. The maximum atomic E-state index is 12.2. The Bertz CT molecular complexity index is 665. The second kappa shape index (κ2) is 7.13. The van der Waals surface area contributed by atoms with Gasteiger partial charge in [0.05, 0.1) is 18.5 Å². The van der Waals surface area contributed by atoms with Crippen molar-refractivity contribution in [3.8, 4) is 0 Å². The van der Waals surface area contributed by atoms with Gasteiger partial charge in [-0.2, -0.15) is 0 Å². The molecule has 0 radical (unpaired) electrons. The zero-order chi connectivity index (χ0) is 15.4. The van der Waals surface area contributed by atoms with Gasteiger partial charge in [-0.25, -0.2) is 4.98 Å². The Morgan fingerprint density at radius 1 is 1.24 bits per heavy atom. The van der Waals surface area contributed by atoms with E-state index in [0.717, 1.165) is 15.3 Å². The van der Waals surface area contributed by atoms with E-state index in [9.17, 15) is 4.79 Å². The number of nitrogens with zero attached hydrogens (tertiary/aromatic N) is 2. The van der Waals surface area contributed by atoms with Gasteiger partial charge in [0.2, 0.25) is 0 Å². The smallest absolute Gasteiger partial charge is 0.259 e. The van der Waals surface area contributed by atoms with Crippen LogP contribution in [0, 0.1) is 13.8 Å². The van der Waals surface area contributed by atoms with Gasteiger partial charge in [0.15, 0.2) is 0 Å². The third kappa shape index (κ3) is 3.68. The Morgan fingerprint density at radius 2 is 2.00 bits per heavy atom. The summed E-state index contributed by atoms with van der Waals surface area (Å²) in [6.45, 7) is 5.67. The van der Waals surface area contributed by atoms with Crippen LogP contribution in [0.25, 0.3) is 10.2 Å². The van der Waals surface area contributed by atoms with Crippen molar-refractivity contribution < 1.29 is 10.2 Å². The Balaban J connectivity index is 2.27. The molecule has 0 aliphatic carbocycles. The molecule has 0 unspecified atom stereocenters. The lowest BCUT2D eigenvalue weighted by molar-refractivity contribution is 0.171. The minimum Gasteiger partial charge on any atom is -0.396 e. The summed E-state index contributed by atoms with van der Waals surface area (Å²) in [4.78, 5) is 23.4. The van der Waals surface area contributed by atoms with Crippen molar-refractivity contribution in [3.05, 3.63) is 26.6 Å². The number of H-pyrrole nitrogens is 1. The van der Waals surface area contributed by atoms with Gasteiger partial charge in [0.1, 0.15) is 10.7 Å². The highest BCUT2D eigenvalue weighted by Gasteiger charge is 2.13. The lowest BCUT2D eigenvalue weighted by Gasteiger charge is -2.19. The number of aromatic amines is 1. The fourth-order valence-electron chi connectivity index (χ4n) is 2.29. The molecule has 116 valence electrons. The number of aryl methyl sites for hydroxylation is 2. The molecule has 21 heavy (non-hydrogen) atoms. The van der Waals surface area contributed by atoms with Crippen molar-refractivity contribution in [1.82, 2.24) is 14.9 Å². The molecular formula is C14H21N3O3S. The van der Waals surface area contributed by atoms with Gasteiger partial charge in [-0.15, -0.1) is 11.3 Å². The molecule has 0 aromatic carbocycles. The Kier molecular flexibility index (Phi) is 5.46. The number of fused-ring (bicyclic) bond motifs is 1. The number of thiophene rings is 1. The van der Waals surface area contributed by atoms with E-state index >= 15 is 0 Å². The monoisotopic (exact) mass is 311 g/mol. The molecule has 2 rings (SSSR count). The van der Waals surface area contributed by atoms with E-state index in [-0.39, 0.29) is 18.8 Å². The molecule has 7 heteroatoms. The Morgan fingerprint density at radius 3 is 2.67 bits per heavy atom. The van der Waals surface area contributed by atoms with Gasteiger partial charge in [0, 0.05) is 24.6 Å². The van der Waals surface area contributed by atoms with E-state index in [1.165, 1.54) is 11.3 Å². The quantitative estimate of drug-likeness (QED) is 0.703. The van der Waals surface area contributed by atoms with Crippen LogP contribution in [0.1, 0.15) is 22.7 Å². The molecule has 0 bridgehead atoms. The summed E-state index contributed by atoms with van der Waals surface area (Å²) in [5.74, 6) is 0.597. The first-order valence-electron chi connectivity index (χ1n) is 6.99. The minimum absolute atomic E-state index is 0.0368. The normalized spacial score (nSPS) is 11.7. The molecule has 0 aliphatic heterocycles. The molecule has 0 amide bonds. The van der Waals surface area contributed by atoms with Gasteiger partial charge < -0.3 is 15.2 Å². The van der Waals surface area contributed by atoms with Gasteiger partial charge in [-0.3, -0.25) is 9.69 Å². The van der Waals surface area contributed by atoms with Gasteiger partial charge in [-0.05, 0) is 25.8 Å². The lowest BCUT2D eigenvalue weighted by atomic mass is 10.2. The molecule has 2 aromatic rings. The van der Waals surface area contributed by atoms with Crippen molar-refractivity contribution in [1.29, 1.82) is 0 Å². The predicted octanol–water partition coefficient (Wildman–Crippen LogP) is 0.778. The molecule has 6 nitrogen and oxygen atoms in total. The number of aromatic nitrogens is 2. The van der Waals surface area contributed by atoms with Crippen LogP contribution < -0.4 is 5.56 Å². The van der Waals surface area contributed by atoms with E-state index in [1.807, 2.05) is 18.7 Å². The maximum absolute atomic E-state index is 12.2. The molecule has 0 spiro atoms. The Hall–Kier alpha value is -1.28. The van der Waals surface area contributed by atoms with Crippen molar-refractivity contribution >= 4 is 21.6 Å². The van der Waals surface area contributed by atoms with Crippen molar-refractivity contribution in [2.75, 3.05) is 26.3 Å². The molecular weight excluding hydrogens is 290 g/mol. The van der Waals surface area contributed by atoms with Gasteiger partial charge >= 0.3 is 0 Å². The molecule has 0 aliphatic rings. The SMILES string of the molecule is Cc1sc2nc(CN(CCO)CCCO)[nH]c(=O)c2c1C. The van der Waals surface area contributed by atoms with E-state index in [1.54, 1.807) is 0 Å². The topological polar surface area (TPSA) is 89.4 Å². The van der Waals surface area contributed by atoms with Crippen LogP contribution in [0.3, 0.4) is 0 Å². The number of hydrogen-bond acceptors (Lipinski definition) is 6. The average Bonchev–Trinajstić information content (AvgIpc) is 2.72. The van der Waals surface area contributed by atoms with Crippen LogP contribution in [0.4, 0.5) is 0 Å². The second-order valence-electron chi connectivity index (χ2n) is 5.05. The second-order valence-corrected chi connectivity index (χ2v) is 6.26. The number of hydrogen-bond donors (Lipinski definition) is 3. The van der Waals surface area contributed by atoms with Crippen molar-refractivity contribution in [2.24, 2.45) is 0 Å². The van der Waals surface area contributed by atoms with E-state index in [0.29, 0.717) is 37.3 Å². The molecule has 0 fully saturated rings. The van der Waals surface area contributed by atoms with Crippen LogP contribution in [-0.4, -0.2) is 51.4 Å². The van der Waals surface area contributed by atoms with E-state index in [4.69, 9.17) is 10.2 Å². The molecule has 2 heterocycles. The summed E-state index contributed by atoms with van der Waals surface area (Å²) >= 11 is 1.53. The summed E-state index contributed by atoms with van der Waals surface area (Å²) in [5.41, 5.74) is 0.880. The first-order chi connectivity index (χ1) is 10.1. The summed E-state index contributed by atoms with van der Waals surface area (Å²) in [5, 5.41) is 18.7. The highest BCUT2D eigenvalue weighted by molar-refractivity contribution is 7.18. The average molecular weight is 311 g/mol. The first-order valence-corrected chi connectivity index (χ1v) is 7.81. The molecule has 0 saturated carbocycles. The number of aliphatic hydroxyl groups excluding tert-OH is 2. The van der Waals surface area contributed by atoms with Gasteiger partial charge in [-0.1, -0.05) is 0 Å². The first kappa shape index (κ1) is 16.1. The highest BCUT2D eigenvalue weighted by atomic mass is 32.1. The van der Waals surface area contributed by atoms with Crippen LogP contribution in [0.2, 0.25) is 0 Å². The van der Waals surface area contributed by atoms with Crippen LogP contribution in [0.15, 0.2) is 4.79 Å². The number of aliphatic hydroxyl groups is 2. The van der Waals surface area contributed by atoms with E-state index in [2.05, 4.69) is 9.97 Å². The fourth-order valence-corrected chi connectivity index (χ4v) is 3.34. The van der Waals surface area contributed by atoms with Gasteiger partial charge in [0.25, 0.3) is 5.56 Å². The minimum atomic E-state index is -0.108. The Labute approximate surface area is 127 Å². The number of nitrogens with one attached hydrogen (secondary N) is 1. The zero-order valence-corrected chi connectivity index (χ0v) is 13.2. The molecule has 2 aromatic heterocycles. The van der Waals surface area contributed by atoms with Crippen LogP contribution in [-0.2, 0) is 6.54 Å². The highest BCUT2D eigenvalue weighted by Crippen LogP contribution is 2.25. The van der Waals surface area contributed by atoms with Crippen molar-refractivity contribution in [2.45, 2.75) is 26.8 Å². The summed E-state index contributed by atoms with van der Waals surface area (Å²) < 4.78 is 0. The maximum Gasteiger partial charge on any atom is 0.259 e. The standard InChI is InChI=1S/C14H21N3O3S/c1-9-10(2)21-14-12(9)13(20)15-11(16-14)8-17(5-7-19)4-3-6-18/h18-19H,3-8H2,1-2H3,(H,15,16,20). The summed E-state index contributed by atoms with van der Waals surface area (Å²) in [6.07, 6.45) is 0.629. The predicted molar refractivity (Wildman–Crippen MR) is 83.8 cm³/mol. The van der Waals surface area contributed by atoms with E-state index < -0.39 is 0 Å². The fraction of sp³-hybridized carbons (Fsp3) is 0.571. The zero-order valence-electron chi connectivity index (χ0n) is 12.3. The summed E-state index contributed by atoms with van der Waals surface area (Å²) in [6, 6.07) is 0. The van der Waals surface area contributed by atoms with Crippen molar-refractivity contribution in [3.63, 3.8) is 0 Å². The third-order valence-corrected chi connectivity index (χ3v) is 4.61. The van der Waals surface area contributed by atoms with Crippen LogP contribution in [0.5, 0.6) is 0 Å². The lowest BCUT2D eigenvalue weighted by Crippen LogP contribution is -2.30. The molecule has 3 N–H and O–H groups in total. The van der Waals surface area contributed by atoms with Crippen LogP contribution >= 0.6 is 11.3 Å². The molecule has 0 saturated heterocycles. The molecule has 0 atom stereocenters.